The van der Waals surface area contributed by atoms with Crippen molar-refractivity contribution >= 4 is 23.3 Å². The van der Waals surface area contributed by atoms with Gasteiger partial charge in [0.25, 0.3) is 5.91 Å². The van der Waals surface area contributed by atoms with Gasteiger partial charge in [0.05, 0.1) is 5.69 Å². The lowest BCUT2D eigenvalue weighted by molar-refractivity contribution is -0.138. The van der Waals surface area contributed by atoms with Crippen LogP contribution in [0.2, 0.25) is 5.02 Å². The number of carbonyl (C=O) groups is 1. The number of anilines is 1. The van der Waals surface area contributed by atoms with Crippen molar-refractivity contribution in [2.45, 2.75) is 31.8 Å². The number of halogens is 1. The third kappa shape index (κ3) is 4.33. The van der Waals surface area contributed by atoms with Gasteiger partial charge in [0.15, 0.2) is 11.9 Å². The molecule has 1 aliphatic carbocycles. The van der Waals surface area contributed by atoms with Crippen molar-refractivity contribution < 1.29 is 9.53 Å². The SMILES string of the molecule is CC(Oc1cccc(Cl)c1)C(=O)N1CCN(c2ccc(C3CC3)nn2)CC1. The van der Waals surface area contributed by atoms with E-state index in [0.29, 0.717) is 29.8 Å². The van der Waals surface area contributed by atoms with Crippen LogP contribution in [0.4, 0.5) is 5.82 Å². The number of amides is 1. The molecule has 1 amide bonds. The summed E-state index contributed by atoms with van der Waals surface area (Å²) >= 11 is 5.97. The Balaban J connectivity index is 1.30. The molecule has 1 atom stereocenters. The number of nitrogens with zero attached hydrogens (tertiary/aromatic N) is 4. The highest BCUT2D eigenvalue weighted by Gasteiger charge is 2.28. The average molecular weight is 387 g/mol. The van der Waals surface area contributed by atoms with Crippen LogP contribution < -0.4 is 9.64 Å². The van der Waals surface area contributed by atoms with E-state index in [9.17, 15) is 4.79 Å². The molecule has 1 aliphatic heterocycles. The van der Waals surface area contributed by atoms with E-state index in [1.807, 2.05) is 17.0 Å². The molecule has 0 radical (unpaired) electrons. The van der Waals surface area contributed by atoms with Crippen LogP contribution >= 0.6 is 11.6 Å². The summed E-state index contributed by atoms with van der Waals surface area (Å²) in [5, 5.41) is 9.31. The van der Waals surface area contributed by atoms with Gasteiger partial charge in [0.2, 0.25) is 0 Å². The van der Waals surface area contributed by atoms with E-state index in [2.05, 4.69) is 21.2 Å². The summed E-state index contributed by atoms with van der Waals surface area (Å²) in [7, 11) is 0. The minimum Gasteiger partial charge on any atom is -0.481 e. The number of aromatic nitrogens is 2. The fraction of sp³-hybridized carbons (Fsp3) is 0.450. The second-order valence-electron chi connectivity index (χ2n) is 7.12. The molecule has 2 aromatic rings. The third-order valence-corrected chi connectivity index (χ3v) is 5.27. The average Bonchev–Trinajstić information content (AvgIpc) is 3.53. The van der Waals surface area contributed by atoms with Gasteiger partial charge in [-0.15, -0.1) is 5.10 Å². The summed E-state index contributed by atoms with van der Waals surface area (Å²) in [4.78, 5) is 16.7. The minimum absolute atomic E-state index is 0.00945. The Bertz CT molecular complexity index is 802. The molecule has 6 nitrogen and oxygen atoms in total. The van der Waals surface area contributed by atoms with Gasteiger partial charge in [0, 0.05) is 37.1 Å². The molecule has 1 saturated carbocycles. The second kappa shape index (κ2) is 7.72. The van der Waals surface area contributed by atoms with E-state index in [0.717, 1.165) is 24.6 Å². The number of benzene rings is 1. The number of piperazine rings is 1. The van der Waals surface area contributed by atoms with Crippen LogP contribution in [0.5, 0.6) is 5.75 Å². The Labute approximate surface area is 164 Å². The van der Waals surface area contributed by atoms with E-state index in [4.69, 9.17) is 16.3 Å². The zero-order valence-electron chi connectivity index (χ0n) is 15.3. The van der Waals surface area contributed by atoms with Crippen molar-refractivity contribution in [3.8, 4) is 5.75 Å². The topological polar surface area (TPSA) is 58.6 Å². The number of hydrogen-bond donors (Lipinski definition) is 0. The molecule has 142 valence electrons. The molecule has 1 saturated heterocycles. The minimum atomic E-state index is -0.548. The molecule has 4 rings (SSSR count). The van der Waals surface area contributed by atoms with Crippen LogP contribution in [0.25, 0.3) is 0 Å². The number of ether oxygens (including phenoxy) is 1. The standard InChI is InChI=1S/C20H23ClN4O2/c1-14(27-17-4-2-3-16(21)13-17)20(26)25-11-9-24(10-12-25)19-8-7-18(22-23-19)15-5-6-15/h2-4,7-8,13-15H,5-6,9-12H2,1H3. The molecular weight excluding hydrogens is 364 g/mol. The Hall–Kier alpha value is -2.34. The largest absolute Gasteiger partial charge is 0.481 e. The maximum Gasteiger partial charge on any atom is 0.263 e. The first-order valence-electron chi connectivity index (χ1n) is 9.40. The zero-order chi connectivity index (χ0) is 18.8. The molecule has 7 heteroatoms. The Morgan fingerprint density at radius 1 is 1.15 bits per heavy atom. The highest BCUT2D eigenvalue weighted by Crippen LogP contribution is 2.38. The van der Waals surface area contributed by atoms with Crippen LogP contribution in [0.1, 0.15) is 31.4 Å². The van der Waals surface area contributed by atoms with Gasteiger partial charge in [-0.05, 0) is 50.1 Å². The van der Waals surface area contributed by atoms with Crippen molar-refractivity contribution in [3.05, 3.63) is 47.1 Å². The molecule has 2 fully saturated rings. The molecule has 27 heavy (non-hydrogen) atoms. The predicted octanol–water partition coefficient (Wildman–Crippen LogP) is 3.12. The Morgan fingerprint density at radius 2 is 1.93 bits per heavy atom. The first-order valence-corrected chi connectivity index (χ1v) is 9.77. The highest BCUT2D eigenvalue weighted by molar-refractivity contribution is 6.30. The molecule has 1 unspecified atom stereocenters. The van der Waals surface area contributed by atoms with Crippen LogP contribution in [0.3, 0.4) is 0 Å². The molecule has 0 spiro atoms. The monoisotopic (exact) mass is 386 g/mol. The van der Waals surface area contributed by atoms with Crippen LogP contribution in [-0.4, -0.2) is 53.3 Å². The number of carbonyl (C=O) groups excluding carboxylic acids is 1. The van der Waals surface area contributed by atoms with Crippen molar-refractivity contribution in [1.82, 2.24) is 15.1 Å². The fourth-order valence-corrected chi connectivity index (χ4v) is 3.49. The third-order valence-electron chi connectivity index (χ3n) is 5.04. The van der Waals surface area contributed by atoms with E-state index in [-0.39, 0.29) is 5.91 Å². The molecule has 1 aromatic heterocycles. The summed E-state index contributed by atoms with van der Waals surface area (Å²) < 4.78 is 5.75. The van der Waals surface area contributed by atoms with Gasteiger partial charge >= 0.3 is 0 Å². The summed E-state index contributed by atoms with van der Waals surface area (Å²) in [6.45, 7) is 4.56. The highest BCUT2D eigenvalue weighted by atomic mass is 35.5. The Kier molecular flexibility index (Phi) is 5.16. The molecule has 2 aliphatic rings. The Morgan fingerprint density at radius 3 is 2.56 bits per heavy atom. The van der Waals surface area contributed by atoms with Crippen molar-refractivity contribution in [2.75, 3.05) is 31.1 Å². The van der Waals surface area contributed by atoms with Crippen LogP contribution in [-0.2, 0) is 4.79 Å². The van der Waals surface area contributed by atoms with Gasteiger partial charge in [-0.1, -0.05) is 17.7 Å². The summed E-state index contributed by atoms with van der Waals surface area (Å²) in [5.41, 5.74) is 1.10. The first kappa shape index (κ1) is 18.0. The molecule has 0 bridgehead atoms. The first-order chi connectivity index (χ1) is 13.1. The predicted molar refractivity (Wildman–Crippen MR) is 104 cm³/mol. The van der Waals surface area contributed by atoms with Gasteiger partial charge in [-0.2, -0.15) is 5.10 Å². The van der Waals surface area contributed by atoms with Gasteiger partial charge in [-0.25, -0.2) is 0 Å². The van der Waals surface area contributed by atoms with Crippen LogP contribution in [0, 0.1) is 0 Å². The molecule has 0 N–H and O–H groups in total. The van der Waals surface area contributed by atoms with Crippen LogP contribution in [0.15, 0.2) is 36.4 Å². The summed E-state index contributed by atoms with van der Waals surface area (Å²) in [6.07, 6.45) is 1.90. The van der Waals surface area contributed by atoms with Crippen molar-refractivity contribution in [3.63, 3.8) is 0 Å². The van der Waals surface area contributed by atoms with E-state index >= 15 is 0 Å². The maximum absolute atomic E-state index is 12.7. The normalized spacial score (nSPS) is 18.3. The lowest BCUT2D eigenvalue weighted by Crippen LogP contribution is -2.52. The smallest absolute Gasteiger partial charge is 0.263 e. The molecule has 2 heterocycles. The molecular formula is C20H23ClN4O2. The van der Waals surface area contributed by atoms with Gasteiger partial charge < -0.3 is 14.5 Å². The number of hydrogen-bond acceptors (Lipinski definition) is 5. The van der Waals surface area contributed by atoms with Gasteiger partial charge in [-0.3, -0.25) is 4.79 Å². The molecule has 1 aromatic carbocycles. The van der Waals surface area contributed by atoms with Crippen molar-refractivity contribution in [2.24, 2.45) is 0 Å². The van der Waals surface area contributed by atoms with Gasteiger partial charge in [0.1, 0.15) is 5.75 Å². The lowest BCUT2D eigenvalue weighted by Gasteiger charge is -2.36. The summed E-state index contributed by atoms with van der Waals surface area (Å²) in [5.74, 6) is 2.09. The van der Waals surface area contributed by atoms with Crippen molar-refractivity contribution in [1.29, 1.82) is 0 Å². The van der Waals surface area contributed by atoms with E-state index in [1.54, 1.807) is 25.1 Å². The fourth-order valence-electron chi connectivity index (χ4n) is 3.31. The second-order valence-corrected chi connectivity index (χ2v) is 7.56. The number of rotatable bonds is 5. The lowest BCUT2D eigenvalue weighted by atomic mass is 10.2. The van der Waals surface area contributed by atoms with E-state index in [1.165, 1.54) is 12.8 Å². The summed E-state index contributed by atoms with van der Waals surface area (Å²) in [6, 6.07) is 11.2. The zero-order valence-corrected chi connectivity index (χ0v) is 16.1. The van der Waals surface area contributed by atoms with E-state index < -0.39 is 6.10 Å². The maximum atomic E-state index is 12.7. The quantitative estimate of drug-likeness (QED) is 0.790.